The van der Waals surface area contributed by atoms with Gasteiger partial charge in [-0.2, -0.15) is 0 Å². The summed E-state index contributed by atoms with van der Waals surface area (Å²) in [5.41, 5.74) is 1.47. The number of benzene rings is 3. The number of phenols is 1. The van der Waals surface area contributed by atoms with Crippen molar-refractivity contribution >= 4 is 38.5 Å². The van der Waals surface area contributed by atoms with Crippen LogP contribution in [0.2, 0.25) is 0 Å². The lowest BCUT2D eigenvalue weighted by atomic mass is 10.1. The monoisotopic (exact) mass is 495 g/mol. The third-order valence-corrected chi connectivity index (χ3v) is 5.34. The number of hydrogen-bond acceptors (Lipinski definition) is 6. The molecule has 7 nitrogen and oxygen atoms in total. The average molecular weight is 496 g/mol. The normalized spacial score (nSPS) is 10.7. The molecule has 0 radical (unpaired) electrons. The molecule has 32 heavy (non-hydrogen) atoms. The Kier molecular flexibility index (Phi) is 5.87. The number of anilines is 1. The molecule has 0 fully saturated rings. The lowest BCUT2D eigenvalue weighted by Crippen LogP contribution is -2.11. The highest BCUT2D eigenvalue weighted by atomic mass is 79.9. The number of aromatic hydroxyl groups is 1. The molecule has 1 heterocycles. The fourth-order valence-electron chi connectivity index (χ4n) is 3.30. The first-order valence-electron chi connectivity index (χ1n) is 9.50. The molecule has 0 spiro atoms. The van der Waals surface area contributed by atoms with Crippen molar-refractivity contribution < 1.29 is 23.8 Å². The molecule has 1 aromatic heterocycles. The fourth-order valence-corrected chi connectivity index (χ4v) is 3.70. The summed E-state index contributed by atoms with van der Waals surface area (Å²) in [6.07, 6.45) is 0. The zero-order chi connectivity index (χ0) is 22.8. The van der Waals surface area contributed by atoms with Crippen LogP contribution >= 0.6 is 15.9 Å². The van der Waals surface area contributed by atoms with Crippen LogP contribution in [0.25, 0.3) is 22.3 Å². The van der Waals surface area contributed by atoms with Gasteiger partial charge in [0.25, 0.3) is 5.91 Å². The van der Waals surface area contributed by atoms with E-state index in [-0.39, 0.29) is 34.1 Å². The second-order valence-electron chi connectivity index (χ2n) is 6.85. The number of nitrogens with one attached hydrogen (secondary N) is 1. The van der Waals surface area contributed by atoms with Gasteiger partial charge in [-0.25, -0.2) is 0 Å². The van der Waals surface area contributed by atoms with Gasteiger partial charge in [0.2, 0.25) is 5.75 Å². The molecule has 1 amide bonds. The molecule has 8 heteroatoms. The van der Waals surface area contributed by atoms with Gasteiger partial charge in [-0.15, -0.1) is 0 Å². The topological polar surface area (TPSA) is 98.0 Å². The Bertz CT molecular complexity index is 1380. The zero-order valence-electron chi connectivity index (χ0n) is 17.1. The fraction of sp³-hybridized carbons (Fsp3) is 0.0833. The van der Waals surface area contributed by atoms with E-state index in [1.807, 2.05) is 6.07 Å². The average Bonchev–Trinajstić information content (AvgIpc) is 2.78. The minimum Gasteiger partial charge on any atom is -0.504 e. The zero-order valence-corrected chi connectivity index (χ0v) is 18.7. The largest absolute Gasteiger partial charge is 0.504 e. The van der Waals surface area contributed by atoms with Gasteiger partial charge in [0.15, 0.2) is 16.9 Å². The Morgan fingerprint density at radius 1 is 1.03 bits per heavy atom. The summed E-state index contributed by atoms with van der Waals surface area (Å²) in [7, 11) is 2.79. The standard InChI is InChI=1S/C24H18BrNO6/c1-30-20-12-19-21(22(28)23(20)31-2)17(27)11-18(32-19)13-6-8-16(9-7-13)26-24(29)14-4-3-5-15(25)10-14/h3-12,28H,1-2H3,(H,26,29). The van der Waals surface area contributed by atoms with Gasteiger partial charge in [-0.1, -0.05) is 22.0 Å². The van der Waals surface area contributed by atoms with Gasteiger partial charge >= 0.3 is 0 Å². The smallest absolute Gasteiger partial charge is 0.255 e. The van der Waals surface area contributed by atoms with Gasteiger partial charge in [0.1, 0.15) is 16.7 Å². The molecule has 0 unspecified atom stereocenters. The van der Waals surface area contributed by atoms with Crippen LogP contribution in [-0.2, 0) is 0 Å². The molecular weight excluding hydrogens is 478 g/mol. The number of halogens is 1. The molecule has 0 atom stereocenters. The minimum absolute atomic E-state index is 0.00399. The molecule has 0 aliphatic carbocycles. The molecule has 0 saturated carbocycles. The number of rotatable bonds is 5. The summed E-state index contributed by atoms with van der Waals surface area (Å²) in [5, 5.41) is 13.3. The van der Waals surface area contributed by atoms with E-state index in [0.29, 0.717) is 22.6 Å². The molecule has 4 rings (SSSR count). The van der Waals surface area contributed by atoms with E-state index in [9.17, 15) is 14.7 Å². The lowest BCUT2D eigenvalue weighted by molar-refractivity contribution is 0.102. The summed E-state index contributed by atoms with van der Waals surface area (Å²) in [6.45, 7) is 0. The second kappa shape index (κ2) is 8.76. The van der Waals surface area contributed by atoms with Crippen molar-refractivity contribution in [1.82, 2.24) is 0 Å². The number of phenolic OH excluding ortho intramolecular Hbond substituents is 1. The second-order valence-corrected chi connectivity index (χ2v) is 7.77. The van der Waals surface area contributed by atoms with Crippen LogP contribution in [0.3, 0.4) is 0 Å². The van der Waals surface area contributed by atoms with Gasteiger partial charge in [-0.05, 0) is 42.5 Å². The number of methoxy groups -OCH3 is 2. The molecule has 162 valence electrons. The van der Waals surface area contributed by atoms with E-state index in [1.54, 1.807) is 42.5 Å². The van der Waals surface area contributed by atoms with Crippen LogP contribution in [0.4, 0.5) is 5.69 Å². The predicted molar refractivity (Wildman–Crippen MR) is 125 cm³/mol. The summed E-state index contributed by atoms with van der Waals surface area (Å²) in [4.78, 5) is 25.1. The molecule has 0 aliphatic rings. The molecular formula is C24H18BrNO6. The predicted octanol–water partition coefficient (Wildman–Crippen LogP) is 5.20. The quantitative estimate of drug-likeness (QED) is 0.394. The number of amides is 1. The van der Waals surface area contributed by atoms with Crippen LogP contribution < -0.4 is 20.2 Å². The summed E-state index contributed by atoms with van der Waals surface area (Å²) in [5.74, 6) is 0.0218. The van der Waals surface area contributed by atoms with Gasteiger partial charge in [-0.3, -0.25) is 9.59 Å². The van der Waals surface area contributed by atoms with Crippen LogP contribution in [0, 0.1) is 0 Å². The van der Waals surface area contributed by atoms with Gasteiger partial charge < -0.3 is 24.3 Å². The maximum atomic E-state index is 12.7. The molecule has 4 aromatic rings. The number of ether oxygens (including phenoxy) is 2. The van der Waals surface area contributed by atoms with Crippen molar-refractivity contribution in [3.05, 3.63) is 80.9 Å². The molecule has 0 aliphatic heterocycles. The third-order valence-electron chi connectivity index (χ3n) is 4.85. The van der Waals surface area contributed by atoms with E-state index in [2.05, 4.69) is 21.2 Å². The third kappa shape index (κ3) is 4.04. The number of fused-ring (bicyclic) bond motifs is 1. The SMILES string of the molecule is COc1cc2oc(-c3ccc(NC(=O)c4cccc(Br)c4)cc3)cc(=O)c2c(O)c1OC. The summed E-state index contributed by atoms with van der Waals surface area (Å²) >= 11 is 3.35. The van der Waals surface area contributed by atoms with Crippen molar-refractivity contribution in [3.8, 4) is 28.6 Å². The van der Waals surface area contributed by atoms with E-state index in [4.69, 9.17) is 13.9 Å². The van der Waals surface area contributed by atoms with Gasteiger partial charge in [0, 0.05) is 33.4 Å². The Hall–Kier alpha value is -3.78. The molecule has 2 N–H and O–H groups in total. The van der Waals surface area contributed by atoms with Crippen LogP contribution in [0.15, 0.2) is 74.3 Å². The number of carbonyl (C=O) groups excluding carboxylic acids is 1. The van der Waals surface area contributed by atoms with E-state index in [1.165, 1.54) is 26.4 Å². The van der Waals surface area contributed by atoms with E-state index in [0.717, 1.165) is 4.47 Å². The van der Waals surface area contributed by atoms with Crippen LogP contribution in [0.5, 0.6) is 17.2 Å². The Morgan fingerprint density at radius 3 is 2.44 bits per heavy atom. The van der Waals surface area contributed by atoms with Crippen molar-refractivity contribution in [2.24, 2.45) is 0 Å². The van der Waals surface area contributed by atoms with Crippen molar-refractivity contribution in [2.45, 2.75) is 0 Å². The molecule has 0 bridgehead atoms. The van der Waals surface area contributed by atoms with Crippen molar-refractivity contribution in [1.29, 1.82) is 0 Å². The Labute approximate surface area is 191 Å². The van der Waals surface area contributed by atoms with Gasteiger partial charge in [0.05, 0.1) is 14.2 Å². The molecule has 3 aromatic carbocycles. The number of carbonyl (C=O) groups is 1. The van der Waals surface area contributed by atoms with Crippen LogP contribution in [0.1, 0.15) is 10.4 Å². The first kappa shape index (κ1) is 21.5. The molecule has 0 saturated heterocycles. The lowest BCUT2D eigenvalue weighted by Gasteiger charge is -2.12. The minimum atomic E-state index is -0.424. The highest BCUT2D eigenvalue weighted by Gasteiger charge is 2.19. The number of hydrogen-bond donors (Lipinski definition) is 2. The Balaban J connectivity index is 1.66. The van der Waals surface area contributed by atoms with E-state index >= 15 is 0 Å². The first-order valence-corrected chi connectivity index (χ1v) is 10.3. The van der Waals surface area contributed by atoms with Crippen LogP contribution in [-0.4, -0.2) is 25.2 Å². The highest BCUT2D eigenvalue weighted by Crippen LogP contribution is 2.42. The Morgan fingerprint density at radius 2 is 1.78 bits per heavy atom. The van der Waals surface area contributed by atoms with Crippen molar-refractivity contribution in [3.63, 3.8) is 0 Å². The van der Waals surface area contributed by atoms with Crippen molar-refractivity contribution in [2.75, 3.05) is 19.5 Å². The maximum Gasteiger partial charge on any atom is 0.255 e. The highest BCUT2D eigenvalue weighted by molar-refractivity contribution is 9.10. The van der Waals surface area contributed by atoms with E-state index < -0.39 is 5.43 Å². The first-order chi connectivity index (χ1) is 15.4. The maximum absolute atomic E-state index is 12.7. The summed E-state index contributed by atoms with van der Waals surface area (Å²) < 4.78 is 17.0. The summed E-state index contributed by atoms with van der Waals surface area (Å²) in [6, 6.07) is 16.7.